The molecule has 2 rings (SSSR count). The van der Waals surface area contributed by atoms with Crippen LogP contribution in [0, 0.1) is 20.8 Å². The van der Waals surface area contributed by atoms with Crippen LogP contribution in [-0.4, -0.2) is 16.8 Å². The van der Waals surface area contributed by atoms with Gasteiger partial charge < -0.3 is 5.32 Å². The molecule has 0 amide bonds. The van der Waals surface area contributed by atoms with Crippen LogP contribution in [0.3, 0.4) is 0 Å². The van der Waals surface area contributed by atoms with Gasteiger partial charge in [-0.05, 0) is 33.4 Å². The summed E-state index contributed by atoms with van der Waals surface area (Å²) in [6, 6.07) is 6.65. The van der Waals surface area contributed by atoms with Gasteiger partial charge in [0.1, 0.15) is 0 Å². The molecule has 0 radical (unpaired) electrons. The fourth-order valence-electron chi connectivity index (χ4n) is 2.35. The molecule has 3 nitrogen and oxygen atoms in total. The van der Waals surface area contributed by atoms with Gasteiger partial charge in [-0.25, -0.2) is 0 Å². The molecule has 2 aromatic rings. The van der Waals surface area contributed by atoms with E-state index in [0.717, 1.165) is 18.8 Å². The second kappa shape index (κ2) is 5.36. The van der Waals surface area contributed by atoms with E-state index in [9.17, 15) is 0 Å². The highest BCUT2D eigenvalue weighted by Gasteiger charge is 2.04. The first kappa shape index (κ1) is 12.8. The van der Waals surface area contributed by atoms with Crippen LogP contribution in [-0.2, 0) is 13.1 Å². The summed E-state index contributed by atoms with van der Waals surface area (Å²) in [7, 11) is 1.96. The number of hydrogen-bond donors (Lipinski definition) is 1. The van der Waals surface area contributed by atoms with Crippen molar-refractivity contribution < 1.29 is 0 Å². The maximum Gasteiger partial charge on any atom is 0.0659 e. The molecule has 1 aromatic carbocycles. The van der Waals surface area contributed by atoms with Crippen LogP contribution in [0.1, 0.15) is 27.9 Å². The average molecular weight is 243 g/mol. The van der Waals surface area contributed by atoms with E-state index in [1.807, 2.05) is 11.7 Å². The molecule has 0 aliphatic rings. The van der Waals surface area contributed by atoms with Gasteiger partial charge in [0.2, 0.25) is 0 Å². The third-order valence-corrected chi connectivity index (χ3v) is 3.04. The molecule has 0 spiro atoms. The van der Waals surface area contributed by atoms with Crippen molar-refractivity contribution in [2.45, 2.75) is 33.9 Å². The van der Waals surface area contributed by atoms with Gasteiger partial charge in [-0.15, -0.1) is 0 Å². The molecule has 0 unspecified atom stereocenters. The van der Waals surface area contributed by atoms with Crippen LogP contribution in [0.25, 0.3) is 0 Å². The molecule has 1 N–H and O–H groups in total. The lowest BCUT2D eigenvalue weighted by Crippen LogP contribution is -2.05. The summed E-state index contributed by atoms with van der Waals surface area (Å²) in [4.78, 5) is 0. The van der Waals surface area contributed by atoms with Gasteiger partial charge in [0.25, 0.3) is 0 Å². The summed E-state index contributed by atoms with van der Waals surface area (Å²) in [5, 5.41) is 7.73. The first-order chi connectivity index (χ1) is 8.58. The molecule has 3 heteroatoms. The fourth-order valence-corrected chi connectivity index (χ4v) is 2.35. The lowest BCUT2D eigenvalue weighted by Gasteiger charge is -2.05. The molecule has 18 heavy (non-hydrogen) atoms. The Labute approximate surface area is 109 Å². The van der Waals surface area contributed by atoms with Crippen molar-refractivity contribution in [1.29, 1.82) is 0 Å². The lowest BCUT2D eigenvalue weighted by atomic mass is 10.1. The Morgan fingerprint density at radius 3 is 2.39 bits per heavy atom. The average Bonchev–Trinajstić information content (AvgIpc) is 2.58. The molecule has 0 bridgehead atoms. The van der Waals surface area contributed by atoms with Gasteiger partial charge in [0.15, 0.2) is 0 Å². The smallest absolute Gasteiger partial charge is 0.0659 e. The van der Waals surface area contributed by atoms with Crippen molar-refractivity contribution in [1.82, 2.24) is 15.1 Å². The maximum absolute atomic E-state index is 4.56. The Balaban J connectivity index is 2.20. The molecule has 0 aliphatic heterocycles. The van der Waals surface area contributed by atoms with Crippen molar-refractivity contribution in [2.24, 2.45) is 0 Å². The van der Waals surface area contributed by atoms with Crippen LogP contribution in [0.4, 0.5) is 0 Å². The Hall–Kier alpha value is -1.61. The van der Waals surface area contributed by atoms with E-state index in [4.69, 9.17) is 0 Å². The summed E-state index contributed by atoms with van der Waals surface area (Å²) in [5.41, 5.74) is 6.30. The minimum atomic E-state index is 0.840. The number of benzene rings is 1. The van der Waals surface area contributed by atoms with Crippen LogP contribution in [0.15, 0.2) is 24.4 Å². The third kappa shape index (κ3) is 2.99. The van der Waals surface area contributed by atoms with E-state index < -0.39 is 0 Å². The van der Waals surface area contributed by atoms with Crippen LogP contribution >= 0.6 is 0 Å². The van der Waals surface area contributed by atoms with Crippen molar-refractivity contribution >= 4 is 0 Å². The fraction of sp³-hybridized carbons (Fsp3) is 0.400. The summed E-state index contributed by atoms with van der Waals surface area (Å²) in [5.74, 6) is 0. The Morgan fingerprint density at radius 2 is 1.78 bits per heavy atom. The monoisotopic (exact) mass is 243 g/mol. The molecule has 96 valence electrons. The first-order valence-electron chi connectivity index (χ1n) is 6.33. The number of aryl methyl sites for hydroxylation is 3. The van der Waals surface area contributed by atoms with Crippen molar-refractivity contribution in [3.05, 3.63) is 52.3 Å². The maximum atomic E-state index is 4.56. The molecule has 0 saturated carbocycles. The molecular formula is C15H21N3. The molecule has 0 aliphatic carbocycles. The normalized spacial score (nSPS) is 10.9. The highest BCUT2D eigenvalue weighted by atomic mass is 15.3. The topological polar surface area (TPSA) is 29.9 Å². The Morgan fingerprint density at radius 1 is 1.11 bits per heavy atom. The highest BCUT2D eigenvalue weighted by molar-refractivity contribution is 5.29. The Bertz CT molecular complexity index is 520. The number of rotatable bonds is 4. The van der Waals surface area contributed by atoms with Crippen molar-refractivity contribution in [3.63, 3.8) is 0 Å². The SMILES string of the molecule is CNCc1cn(Cc2cc(C)cc(C)c2)nc1C. The van der Waals surface area contributed by atoms with Gasteiger partial charge in [0, 0.05) is 18.3 Å². The predicted molar refractivity (Wildman–Crippen MR) is 74.7 cm³/mol. The molecule has 0 saturated heterocycles. The number of hydrogen-bond acceptors (Lipinski definition) is 2. The quantitative estimate of drug-likeness (QED) is 0.894. The van der Waals surface area contributed by atoms with Crippen molar-refractivity contribution in [2.75, 3.05) is 7.05 Å². The van der Waals surface area contributed by atoms with Crippen LogP contribution < -0.4 is 5.32 Å². The van der Waals surface area contributed by atoms with E-state index in [2.05, 4.69) is 55.6 Å². The number of aromatic nitrogens is 2. The van der Waals surface area contributed by atoms with Crippen molar-refractivity contribution in [3.8, 4) is 0 Å². The zero-order valence-electron chi connectivity index (χ0n) is 11.6. The van der Waals surface area contributed by atoms with E-state index in [1.54, 1.807) is 0 Å². The third-order valence-electron chi connectivity index (χ3n) is 3.04. The molecule has 0 fully saturated rings. The highest BCUT2D eigenvalue weighted by Crippen LogP contribution is 2.12. The van der Waals surface area contributed by atoms with Gasteiger partial charge >= 0.3 is 0 Å². The zero-order chi connectivity index (χ0) is 13.1. The largest absolute Gasteiger partial charge is 0.316 e. The summed E-state index contributed by atoms with van der Waals surface area (Å²) >= 11 is 0. The lowest BCUT2D eigenvalue weighted by molar-refractivity contribution is 0.678. The van der Waals surface area contributed by atoms with Gasteiger partial charge in [-0.2, -0.15) is 5.10 Å². The number of nitrogens with one attached hydrogen (secondary N) is 1. The molecule has 0 atom stereocenters. The van der Waals surface area contributed by atoms with Gasteiger partial charge in [-0.3, -0.25) is 4.68 Å². The second-order valence-electron chi connectivity index (χ2n) is 4.96. The number of nitrogens with zero attached hydrogens (tertiary/aromatic N) is 2. The minimum Gasteiger partial charge on any atom is -0.316 e. The summed E-state index contributed by atoms with van der Waals surface area (Å²) in [6.45, 7) is 8.05. The minimum absolute atomic E-state index is 0.840. The van der Waals surface area contributed by atoms with Gasteiger partial charge in [0.05, 0.1) is 12.2 Å². The van der Waals surface area contributed by atoms with Crippen LogP contribution in [0.5, 0.6) is 0 Å². The summed E-state index contributed by atoms with van der Waals surface area (Å²) in [6.07, 6.45) is 2.13. The zero-order valence-corrected chi connectivity index (χ0v) is 11.6. The molecule has 1 heterocycles. The van der Waals surface area contributed by atoms with Crippen LogP contribution in [0.2, 0.25) is 0 Å². The van der Waals surface area contributed by atoms with E-state index >= 15 is 0 Å². The second-order valence-corrected chi connectivity index (χ2v) is 4.96. The predicted octanol–water partition coefficient (Wildman–Crippen LogP) is 2.58. The molecule has 1 aromatic heterocycles. The van der Waals surface area contributed by atoms with Gasteiger partial charge in [-0.1, -0.05) is 29.3 Å². The first-order valence-corrected chi connectivity index (χ1v) is 6.33. The Kier molecular flexibility index (Phi) is 3.82. The van der Waals surface area contributed by atoms with E-state index in [-0.39, 0.29) is 0 Å². The standard InChI is InChI=1S/C15H21N3/c1-11-5-12(2)7-14(6-11)9-18-10-15(8-16-4)13(3)17-18/h5-7,10,16H,8-9H2,1-4H3. The van der Waals surface area contributed by atoms with E-state index in [0.29, 0.717) is 0 Å². The summed E-state index contributed by atoms with van der Waals surface area (Å²) < 4.78 is 2.02. The molecular weight excluding hydrogens is 222 g/mol. The van der Waals surface area contributed by atoms with E-state index in [1.165, 1.54) is 22.3 Å².